The average Bonchev–Trinajstić information content (AvgIpc) is 3.33. The summed E-state index contributed by atoms with van der Waals surface area (Å²) in [5.41, 5.74) is 1.32. The van der Waals surface area contributed by atoms with Crippen molar-refractivity contribution in [2.75, 3.05) is 37.7 Å². The third-order valence-electron chi connectivity index (χ3n) is 5.93. The second-order valence-corrected chi connectivity index (χ2v) is 8.18. The Morgan fingerprint density at radius 3 is 2.58 bits per heavy atom. The van der Waals surface area contributed by atoms with Crippen molar-refractivity contribution in [1.29, 1.82) is 0 Å². The number of para-hydroxylation sites is 1. The first-order chi connectivity index (χ1) is 14.9. The SMILES string of the molecule is I.c1ccc(N2CCC(NC(=NCC3CCCCO3)NCCc3ccco3)CC2)cc1. The summed E-state index contributed by atoms with van der Waals surface area (Å²) >= 11 is 0. The zero-order valence-corrected chi connectivity index (χ0v) is 20.5. The van der Waals surface area contributed by atoms with Crippen LogP contribution in [0, 0.1) is 0 Å². The number of hydrogen-bond donors (Lipinski definition) is 2. The molecule has 0 saturated carbocycles. The van der Waals surface area contributed by atoms with Gasteiger partial charge in [0.2, 0.25) is 0 Å². The maximum absolute atomic E-state index is 5.86. The third kappa shape index (κ3) is 7.71. The van der Waals surface area contributed by atoms with Crippen molar-refractivity contribution in [2.45, 2.75) is 50.7 Å². The number of rotatable bonds is 7. The Balaban J connectivity index is 0.00000272. The van der Waals surface area contributed by atoms with Crippen LogP contribution in [0.15, 0.2) is 58.1 Å². The number of aliphatic imine (C=N–C) groups is 1. The lowest BCUT2D eigenvalue weighted by molar-refractivity contribution is 0.0224. The van der Waals surface area contributed by atoms with E-state index in [1.165, 1.54) is 18.5 Å². The number of anilines is 1. The van der Waals surface area contributed by atoms with Gasteiger partial charge in [-0.05, 0) is 56.4 Å². The van der Waals surface area contributed by atoms with Gasteiger partial charge >= 0.3 is 0 Å². The molecule has 2 saturated heterocycles. The van der Waals surface area contributed by atoms with Crippen LogP contribution in [0.4, 0.5) is 5.69 Å². The first-order valence-corrected chi connectivity index (χ1v) is 11.4. The molecule has 2 fully saturated rings. The monoisotopic (exact) mass is 538 g/mol. The number of nitrogens with one attached hydrogen (secondary N) is 2. The molecule has 2 N–H and O–H groups in total. The van der Waals surface area contributed by atoms with Crippen molar-refractivity contribution >= 4 is 35.6 Å². The van der Waals surface area contributed by atoms with Gasteiger partial charge < -0.3 is 24.7 Å². The van der Waals surface area contributed by atoms with Gasteiger partial charge in [0.05, 0.1) is 18.9 Å². The van der Waals surface area contributed by atoms with E-state index < -0.39 is 0 Å². The molecular weight excluding hydrogens is 503 g/mol. The number of furan rings is 1. The zero-order chi connectivity index (χ0) is 20.4. The molecule has 2 aromatic rings. The fraction of sp³-hybridized carbons (Fsp3) is 0.542. The van der Waals surface area contributed by atoms with E-state index >= 15 is 0 Å². The minimum absolute atomic E-state index is 0. The molecular formula is C24H35IN4O2. The third-order valence-corrected chi connectivity index (χ3v) is 5.93. The standard InChI is InChI=1S/C24H34N4O2.HI/c1-2-7-21(8-3-1)28-15-12-20(13-16-28)27-24(25-14-11-22-10-6-18-29-22)26-19-23-9-4-5-17-30-23;/h1-3,6-8,10,18,20,23H,4-5,9,11-17,19H2,(H2,25,26,27);1H. The minimum Gasteiger partial charge on any atom is -0.469 e. The van der Waals surface area contributed by atoms with Crippen LogP contribution in [0.5, 0.6) is 0 Å². The average molecular weight is 538 g/mol. The Kier molecular flexibility index (Phi) is 9.99. The van der Waals surface area contributed by atoms with Crippen molar-refractivity contribution in [1.82, 2.24) is 10.6 Å². The van der Waals surface area contributed by atoms with E-state index in [4.69, 9.17) is 14.1 Å². The van der Waals surface area contributed by atoms with Crippen LogP contribution in [0.3, 0.4) is 0 Å². The molecule has 170 valence electrons. The largest absolute Gasteiger partial charge is 0.469 e. The van der Waals surface area contributed by atoms with Gasteiger partial charge in [-0.3, -0.25) is 4.99 Å². The highest BCUT2D eigenvalue weighted by Gasteiger charge is 2.21. The van der Waals surface area contributed by atoms with E-state index in [0.717, 1.165) is 70.2 Å². The van der Waals surface area contributed by atoms with Crippen LogP contribution in [-0.4, -0.2) is 50.9 Å². The lowest BCUT2D eigenvalue weighted by atomic mass is 10.0. The van der Waals surface area contributed by atoms with Gasteiger partial charge in [0.1, 0.15) is 5.76 Å². The van der Waals surface area contributed by atoms with Crippen LogP contribution >= 0.6 is 24.0 Å². The molecule has 0 spiro atoms. The number of piperidine rings is 1. The molecule has 1 atom stereocenters. The summed E-state index contributed by atoms with van der Waals surface area (Å²) < 4.78 is 11.3. The fourth-order valence-corrected chi connectivity index (χ4v) is 4.17. The molecule has 4 rings (SSSR count). The molecule has 2 aliphatic heterocycles. The molecule has 6 nitrogen and oxygen atoms in total. The van der Waals surface area contributed by atoms with Crippen LogP contribution < -0.4 is 15.5 Å². The minimum atomic E-state index is 0. The van der Waals surface area contributed by atoms with Crippen LogP contribution in [-0.2, 0) is 11.2 Å². The van der Waals surface area contributed by atoms with Crippen LogP contribution in [0.1, 0.15) is 37.9 Å². The first-order valence-electron chi connectivity index (χ1n) is 11.4. The topological polar surface area (TPSA) is 62.0 Å². The second kappa shape index (κ2) is 13.0. The van der Waals surface area contributed by atoms with Crippen molar-refractivity contribution in [3.8, 4) is 0 Å². The van der Waals surface area contributed by atoms with E-state index in [1.54, 1.807) is 6.26 Å². The second-order valence-electron chi connectivity index (χ2n) is 8.18. The highest BCUT2D eigenvalue weighted by Crippen LogP contribution is 2.19. The number of halogens is 1. The van der Waals surface area contributed by atoms with Gasteiger partial charge in [0, 0.05) is 44.4 Å². The van der Waals surface area contributed by atoms with E-state index in [1.807, 2.05) is 12.1 Å². The van der Waals surface area contributed by atoms with Crippen molar-refractivity contribution in [3.63, 3.8) is 0 Å². The predicted octanol–water partition coefficient (Wildman–Crippen LogP) is 4.21. The summed E-state index contributed by atoms with van der Waals surface area (Å²) in [6.45, 7) is 4.51. The smallest absolute Gasteiger partial charge is 0.191 e. The van der Waals surface area contributed by atoms with E-state index in [-0.39, 0.29) is 30.1 Å². The maximum atomic E-state index is 5.86. The Labute approximate surface area is 202 Å². The Hall–Kier alpha value is -1.74. The Bertz CT molecular complexity index is 755. The molecule has 1 unspecified atom stereocenters. The van der Waals surface area contributed by atoms with Gasteiger partial charge in [0.15, 0.2) is 5.96 Å². The molecule has 0 radical (unpaired) electrons. The van der Waals surface area contributed by atoms with Crippen LogP contribution in [0.25, 0.3) is 0 Å². The Morgan fingerprint density at radius 1 is 1.03 bits per heavy atom. The predicted molar refractivity (Wildman–Crippen MR) is 137 cm³/mol. The normalized spacial score (nSPS) is 20.2. The van der Waals surface area contributed by atoms with E-state index in [0.29, 0.717) is 6.04 Å². The summed E-state index contributed by atoms with van der Waals surface area (Å²) in [6, 6.07) is 15.1. The molecule has 7 heteroatoms. The highest BCUT2D eigenvalue weighted by atomic mass is 127. The van der Waals surface area contributed by atoms with E-state index in [2.05, 4.69) is 45.9 Å². The highest BCUT2D eigenvalue weighted by molar-refractivity contribution is 14.0. The summed E-state index contributed by atoms with van der Waals surface area (Å²) in [6.07, 6.45) is 8.56. The quantitative estimate of drug-likeness (QED) is 0.314. The van der Waals surface area contributed by atoms with Gasteiger partial charge in [0.25, 0.3) is 0 Å². The van der Waals surface area contributed by atoms with Crippen molar-refractivity contribution in [2.24, 2.45) is 4.99 Å². The lowest BCUT2D eigenvalue weighted by Crippen LogP contribution is -2.49. The molecule has 31 heavy (non-hydrogen) atoms. The summed E-state index contributed by atoms with van der Waals surface area (Å²) in [5, 5.41) is 7.17. The summed E-state index contributed by atoms with van der Waals surface area (Å²) in [7, 11) is 0. The van der Waals surface area contributed by atoms with Crippen molar-refractivity contribution < 1.29 is 9.15 Å². The number of nitrogens with zero attached hydrogens (tertiary/aromatic N) is 2. The van der Waals surface area contributed by atoms with Crippen molar-refractivity contribution in [3.05, 3.63) is 54.5 Å². The summed E-state index contributed by atoms with van der Waals surface area (Å²) in [5.74, 6) is 1.89. The van der Waals surface area contributed by atoms with Gasteiger partial charge in [-0.2, -0.15) is 0 Å². The number of hydrogen-bond acceptors (Lipinski definition) is 4. The van der Waals surface area contributed by atoms with Gasteiger partial charge in [-0.15, -0.1) is 24.0 Å². The molecule has 1 aromatic heterocycles. The Morgan fingerprint density at radius 2 is 1.87 bits per heavy atom. The molecule has 1 aromatic carbocycles. The lowest BCUT2D eigenvalue weighted by Gasteiger charge is -2.34. The molecule has 3 heterocycles. The first kappa shape index (κ1) is 23.9. The number of benzene rings is 1. The van der Waals surface area contributed by atoms with Gasteiger partial charge in [-0.25, -0.2) is 0 Å². The van der Waals surface area contributed by atoms with Gasteiger partial charge in [-0.1, -0.05) is 18.2 Å². The molecule has 0 amide bonds. The number of ether oxygens (including phenoxy) is 1. The molecule has 2 aliphatic rings. The fourth-order valence-electron chi connectivity index (χ4n) is 4.17. The van der Waals surface area contributed by atoms with E-state index in [9.17, 15) is 0 Å². The zero-order valence-electron chi connectivity index (χ0n) is 18.2. The summed E-state index contributed by atoms with van der Waals surface area (Å²) in [4.78, 5) is 7.33. The molecule has 0 bridgehead atoms. The maximum Gasteiger partial charge on any atom is 0.191 e. The van der Waals surface area contributed by atoms with Crippen LogP contribution in [0.2, 0.25) is 0 Å². The number of guanidine groups is 1. The molecule has 0 aliphatic carbocycles.